The van der Waals surface area contributed by atoms with E-state index in [1.807, 2.05) is 42.2 Å². The van der Waals surface area contributed by atoms with E-state index >= 15 is 0 Å². The largest absolute Gasteiger partial charge is 0.399 e. The number of anilines is 1. The third-order valence-electron chi connectivity index (χ3n) is 3.95. The number of nitrogens with zero attached hydrogens (tertiary/aromatic N) is 1. The summed E-state index contributed by atoms with van der Waals surface area (Å²) in [6, 6.07) is 11.5. The molecular formula is C17H17ClN2O. The van der Waals surface area contributed by atoms with Gasteiger partial charge in [-0.1, -0.05) is 29.8 Å². The van der Waals surface area contributed by atoms with Gasteiger partial charge in [-0.15, -0.1) is 0 Å². The van der Waals surface area contributed by atoms with Gasteiger partial charge in [-0.2, -0.15) is 0 Å². The second-order valence-corrected chi connectivity index (χ2v) is 5.82. The summed E-state index contributed by atoms with van der Waals surface area (Å²) in [5.74, 6) is -0.0169. The van der Waals surface area contributed by atoms with Crippen LogP contribution in [0.25, 0.3) is 0 Å². The van der Waals surface area contributed by atoms with Crippen LogP contribution in [0.2, 0.25) is 5.02 Å². The van der Waals surface area contributed by atoms with Gasteiger partial charge in [0, 0.05) is 18.8 Å². The lowest BCUT2D eigenvalue weighted by Crippen LogP contribution is -2.36. The number of nitrogens with two attached hydrogens (primary N) is 1. The molecule has 0 aliphatic carbocycles. The number of benzene rings is 2. The molecule has 0 spiro atoms. The summed E-state index contributed by atoms with van der Waals surface area (Å²) >= 11 is 6.27. The van der Waals surface area contributed by atoms with Crippen molar-refractivity contribution >= 4 is 23.2 Å². The molecule has 1 aliphatic rings. The quantitative estimate of drug-likeness (QED) is 0.820. The third-order valence-corrected chi connectivity index (χ3v) is 4.45. The first kappa shape index (κ1) is 14.0. The fourth-order valence-electron chi connectivity index (χ4n) is 2.73. The van der Waals surface area contributed by atoms with E-state index in [1.165, 1.54) is 5.56 Å². The molecule has 4 heteroatoms. The van der Waals surface area contributed by atoms with Crippen molar-refractivity contribution in [2.24, 2.45) is 0 Å². The lowest BCUT2D eigenvalue weighted by atomic mass is 9.98. The van der Waals surface area contributed by atoms with Crippen LogP contribution in [0.1, 0.15) is 27.0 Å². The summed E-state index contributed by atoms with van der Waals surface area (Å²) in [5, 5.41) is 0.542. The predicted molar refractivity (Wildman–Crippen MR) is 85.5 cm³/mol. The van der Waals surface area contributed by atoms with Gasteiger partial charge < -0.3 is 10.6 Å². The van der Waals surface area contributed by atoms with Crippen molar-refractivity contribution in [1.82, 2.24) is 4.90 Å². The van der Waals surface area contributed by atoms with E-state index in [4.69, 9.17) is 17.3 Å². The van der Waals surface area contributed by atoms with Crippen molar-refractivity contribution < 1.29 is 4.79 Å². The number of rotatable bonds is 1. The van der Waals surface area contributed by atoms with Crippen molar-refractivity contribution in [3.63, 3.8) is 0 Å². The minimum absolute atomic E-state index is 0.0169. The van der Waals surface area contributed by atoms with Crippen LogP contribution in [0.5, 0.6) is 0 Å². The van der Waals surface area contributed by atoms with Gasteiger partial charge in [0.2, 0.25) is 0 Å². The molecule has 3 nitrogen and oxygen atoms in total. The van der Waals surface area contributed by atoms with E-state index in [0.29, 0.717) is 23.7 Å². The topological polar surface area (TPSA) is 46.3 Å². The molecule has 108 valence electrons. The zero-order valence-corrected chi connectivity index (χ0v) is 12.7. The van der Waals surface area contributed by atoms with Crippen LogP contribution < -0.4 is 5.73 Å². The SMILES string of the molecule is Cc1cccc(C(=O)N2CCc3ccc(N)cc3C2)c1Cl. The summed E-state index contributed by atoms with van der Waals surface area (Å²) in [4.78, 5) is 14.5. The van der Waals surface area contributed by atoms with E-state index < -0.39 is 0 Å². The van der Waals surface area contributed by atoms with Gasteiger partial charge in [0.25, 0.3) is 5.91 Å². The molecule has 0 saturated carbocycles. The maximum absolute atomic E-state index is 12.7. The number of nitrogen functional groups attached to an aromatic ring is 1. The molecule has 2 N–H and O–H groups in total. The molecule has 1 amide bonds. The summed E-state index contributed by atoms with van der Waals surface area (Å²) in [7, 11) is 0. The van der Waals surface area contributed by atoms with Gasteiger partial charge in [0.1, 0.15) is 0 Å². The Morgan fingerprint density at radius 2 is 2.05 bits per heavy atom. The average Bonchev–Trinajstić information content (AvgIpc) is 2.48. The smallest absolute Gasteiger partial charge is 0.255 e. The summed E-state index contributed by atoms with van der Waals surface area (Å²) in [5.41, 5.74) is 10.5. The standard InChI is InChI=1S/C17H17ClN2O/c1-11-3-2-4-15(16(11)18)17(21)20-8-7-12-5-6-14(19)9-13(12)10-20/h2-6,9H,7-8,10,19H2,1H3. The molecule has 21 heavy (non-hydrogen) atoms. The maximum atomic E-state index is 12.7. The molecule has 2 aromatic rings. The van der Waals surface area contributed by atoms with E-state index in [2.05, 4.69) is 0 Å². The number of carbonyl (C=O) groups excluding carboxylic acids is 1. The molecular weight excluding hydrogens is 284 g/mol. The van der Waals surface area contributed by atoms with Crippen LogP contribution in [0.3, 0.4) is 0 Å². The van der Waals surface area contributed by atoms with Crippen LogP contribution in [0.15, 0.2) is 36.4 Å². The second kappa shape index (κ2) is 5.41. The number of amides is 1. The first-order valence-electron chi connectivity index (χ1n) is 6.98. The second-order valence-electron chi connectivity index (χ2n) is 5.44. The first-order valence-corrected chi connectivity index (χ1v) is 7.35. The van der Waals surface area contributed by atoms with E-state index in [9.17, 15) is 4.79 Å². The highest BCUT2D eigenvalue weighted by Gasteiger charge is 2.23. The fourth-order valence-corrected chi connectivity index (χ4v) is 2.94. The third kappa shape index (κ3) is 2.61. The van der Waals surface area contributed by atoms with E-state index in [-0.39, 0.29) is 5.91 Å². The summed E-state index contributed by atoms with van der Waals surface area (Å²) in [6.45, 7) is 3.20. The minimum atomic E-state index is -0.0169. The Kier molecular flexibility index (Phi) is 3.60. The highest BCUT2D eigenvalue weighted by Crippen LogP contribution is 2.26. The highest BCUT2D eigenvalue weighted by molar-refractivity contribution is 6.34. The molecule has 0 bridgehead atoms. The zero-order chi connectivity index (χ0) is 15.0. The Balaban J connectivity index is 1.89. The van der Waals surface area contributed by atoms with Gasteiger partial charge in [0.05, 0.1) is 10.6 Å². The van der Waals surface area contributed by atoms with E-state index in [0.717, 1.165) is 23.2 Å². The van der Waals surface area contributed by atoms with Crippen molar-refractivity contribution in [2.75, 3.05) is 12.3 Å². The number of hydrogen-bond acceptors (Lipinski definition) is 2. The van der Waals surface area contributed by atoms with Crippen LogP contribution in [0.4, 0.5) is 5.69 Å². The van der Waals surface area contributed by atoms with E-state index in [1.54, 1.807) is 6.07 Å². The number of aryl methyl sites for hydroxylation is 1. The number of halogens is 1. The molecule has 0 atom stereocenters. The molecule has 3 rings (SSSR count). The van der Waals surface area contributed by atoms with Gasteiger partial charge in [-0.3, -0.25) is 4.79 Å². The monoisotopic (exact) mass is 300 g/mol. The van der Waals surface area contributed by atoms with Gasteiger partial charge in [0.15, 0.2) is 0 Å². The fraction of sp³-hybridized carbons (Fsp3) is 0.235. The Hall–Kier alpha value is -2.00. The molecule has 0 saturated heterocycles. The zero-order valence-electron chi connectivity index (χ0n) is 11.9. The maximum Gasteiger partial charge on any atom is 0.255 e. The van der Waals surface area contributed by atoms with Crippen LogP contribution in [-0.4, -0.2) is 17.4 Å². The highest BCUT2D eigenvalue weighted by atomic mass is 35.5. The van der Waals surface area contributed by atoms with Crippen LogP contribution in [0, 0.1) is 6.92 Å². The van der Waals surface area contributed by atoms with Crippen molar-refractivity contribution in [3.8, 4) is 0 Å². The summed E-state index contributed by atoms with van der Waals surface area (Å²) < 4.78 is 0. The average molecular weight is 301 g/mol. The van der Waals surface area contributed by atoms with Gasteiger partial charge in [-0.05, 0) is 48.2 Å². The normalized spacial score (nSPS) is 13.9. The molecule has 0 fully saturated rings. The number of hydrogen-bond donors (Lipinski definition) is 1. The molecule has 0 unspecified atom stereocenters. The van der Waals surface area contributed by atoms with Gasteiger partial charge >= 0.3 is 0 Å². The number of carbonyl (C=O) groups is 1. The lowest BCUT2D eigenvalue weighted by Gasteiger charge is -2.29. The predicted octanol–water partition coefficient (Wildman–Crippen LogP) is 3.43. The van der Waals surface area contributed by atoms with Crippen LogP contribution >= 0.6 is 11.6 Å². The van der Waals surface area contributed by atoms with Crippen molar-refractivity contribution in [3.05, 3.63) is 63.7 Å². The Morgan fingerprint density at radius 3 is 2.86 bits per heavy atom. The minimum Gasteiger partial charge on any atom is -0.399 e. The molecule has 1 heterocycles. The van der Waals surface area contributed by atoms with Crippen molar-refractivity contribution in [1.29, 1.82) is 0 Å². The lowest BCUT2D eigenvalue weighted by molar-refractivity contribution is 0.0735. The number of fused-ring (bicyclic) bond motifs is 1. The van der Waals surface area contributed by atoms with Crippen molar-refractivity contribution in [2.45, 2.75) is 19.9 Å². The van der Waals surface area contributed by atoms with Crippen LogP contribution in [-0.2, 0) is 13.0 Å². The Bertz CT molecular complexity index is 712. The molecule has 2 aromatic carbocycles. The Labute approximate surface area is 129 Å². The Morgan fingerprint density at radius 1 is 1.24 bits per heavy atom. The molecule has 0 aromatic heterocycles. The van der Waals surface area contributed by atoms with Gasteiger partial charge in [-0.25, -0.2) is 0 Å². The molecule has 1 aliphatic heterocycles. The molecule has 0 radical (unpaired) electrons. The first-order chi connectivity index (χ1) is 10.1. The summed E-state index contributed by atoms with van der Waals surface area (Å²) in [6.07, 6.45) is 0.852.